The predicted molar refractivity (Wildman–Crippen MR) is 59.7 cm³/mol. The van der Waals surface area contributed by atoms with Gasteiger partial charge in [-0.15, -0.1) is 0 Å². The molecule has 0 aromatic heterocycles. The van der Waals surface area contributed by atoms with Crippen LogP contribution >= 0.6 is 0 Å². The number of nitrogens with one attached hydrogen (secondary N) is 1. The quantitative estimate of drug-likeness (QED) is 0.429. The van der Waals surface area contributed by atoms with E-state index >= 15 is 0 Å². The molecule has 0 aliphatic carbocycles. The van der Waals surface area contributed by atoms with Crippen molar-refractivity contribution in [1.29, 1.82) is 0 Å². The molecule has 0 aliphatic heterocycles. The van der Waals surface area contributed by atoms with E-state index < -0.39 is 23.6 Å². The molecule has 0 spiro atoms. The van der Waals surface area contributed by atoms with Gasteiger partial charge < -0.3 is 20.3 Å². The molecule has 0 saturated carbocycles. The van der Waals surface area contributed by atoms with Crippen molar-refractivity contribution in [2.24, 2.45) is 0 Å². The summed E-state index contributed by atoms with van der Waals surface area (Å²) in [6.45, 7) is 5.12. The maximum Gasteiger partial charge on any atom is 0.407 e. The summed E-state index contributed by atoms with van der Waals surface area (Å²) < 4.78 is 9.80. The summed E-state index contributed by atoms with van der Waals surface area (Å²) in [5.41, 5.74) is 7.58. The second kappa shape index (κ2) is 6.78. The highest BCUT2D eigenvalue weighted by molar-refractivity contribution is 6.27. The molecule has 0 radical (unpaired) electrons. The van der Waals surface area contributed by atoms with Gasteiger partial charge in [-0.1, -0.05) is 0 Å². The average molecular weight is 243 g/mol. The molecule has 0 fully saturated rings. The van der Waals surface area contributed by atoms with Gasteiger partial charge in [-0.3, -0.25) is 4.79 Å². The number of rotatable bonds is 5. The van der Waals surface area contributed by atoms with Gasteiger partial charge in [0, 0.05) is 7.11 Å². The lowest BCUT2D eigenvalue weighted by atomic mass is 10.2. The van der Waals surface area contributed by atoms with Crippen LogP contribution in [-0.2, 0) is 14.3 Å². The molecule has 0 saturated heterocycles. The van der Waals surface area contributed by atoms with E-state index in [4.69, 9.17) is 15.0 Å². The Hall–Kier alpha value is -1.72. The summed E-state index contributed by atoms with van der Waals surface area (Å²) in [5.74, 6) is -0.550. The minimum Gasteiger partial charge on any atom is -0.444 e. The van der Waals surface area contributed by atoms with E-state index in [1.165, 1.54) is 7.11 Å². The largest absolute Gasteiger partial charge is 0.444 e. The van der Waals surface area contributed by atoms with E-state index in [0.717, 1.165) is 0 Å². The first-order valence-electron chi connectivity index (χ1n) is 5.01. The van der Waals surface area contributed by atoms with E-state index in [2.05, 4.69) is 10.1 Å². The van der Waals surface area contributed by atoms with E-state index in [1.54, 1.807) is 20.8 Å². The van der Waals surface area contributed by atoms with Crippen LogP contribution in [0.5, 0.6) is 0 Å². The molecule has 1 N–H and O–H groups in total. The molecule has 0 unspecified atom stereocenters. The second-order valence-corrected chi connectivity index (χ2v) is 4.25. The normalized spacial score (nSPS) is 12.2. The van der Waals surface area contributed by atoms with Gasteiger partial charge in [0.1, 0.15) is 11.7 Å². The lowest BCUT2D eigenvalue weighted by Crippen LogP contribution is -2.41. The number of hydrogen-bond donors (Lipinski definition) is 1. The number of nitrogens with zero attached hydrogens (tertiary/aromatic N) is 2. The van der Waals surface area contributed by atoms with Crippen LogP contribution in [0.25, 0.3) is 5.53 Å². The zero-order valence-corrected chi connectivity index (χ0v) is 10.4. The predicted octanol–water partition coefficient (Wildman–Crippen LogP) is 0.396. The van der Waals surface area contributed by atoms with Crippen LogP contribution in [0.4, 0.5) is 4.79 Å². The highest BCUT2D eigenvalue weighted by Crippen LogP contribution is 2.06. The van der Waals surface area contributed by atoms with Crippen LogP contribution in [0.2, 0.25) is 0 Å². The van der Waals surface area contributed by atoms with Crippen LogP contribution in [0, 0.1) is 0 Å². The van der Waals surface area contributed by atoms with Crippen LogP contribution in [-0.4, -0.2) is 48.2 Å². The molecule has 0 heterocycles. The zero-order valence-electron chi connectivity index (χ0n) is 10.4. The standard InChI is InChI=1S/C10H17N3O4/c1-10(2,3)17-9(15)12-6-8(16-4)7(14)5-13-11/h5,8H,6H2,1-4H3,(H,12,15)/t8-/m0/s1. The van der Waals surface area contributed by atoms with Crippen LogP contribution in [0.1, 0.15) is 20.8 Å². The lowest BCUT2D eigenvalue weighted by molar-refractivity contribution is -0.124. The first kappa shape index (κ1) is 15.3. The maximum absolute atomic E-state index is 11.3. The SMILES string of the molecule is CO[C@@H](CNC(=O)OC(C)(C)C)C(=O)C=[N+]=[N-]. The Morgan fingerprint density at radius 1 is 1.47 bits per heavy atom. The number of methoxy groups -OCH3 is 1. The number of carbonyl (C=O) groups excluding carboxylic acids is 2. The third-order valence-electron chi connectivity index (χ3n) is 1.62. The van der Waals surface area contributed by atoms with Crippen molar-refractivity contribution in [2.75, 3.05) is 13.7 Å². The Labute approximate surface area is 99.7 Å². The van der Waals surface area contributed by atoms with Crippen LogP contribution in [0.3, 0.4) is 0 Å². The number of carbonyl (C=O) groups is 2. The summed E-state index contributed by atoms with van der Waals surface area (Å²) in [4.78, 5) is 25.1. The molecule has 1 amide bonds. The van der Waals surface area contributed by atoms with Gasteiger partial charge >= 0.3 is 12.3 Å². The summed E-state index contributed by atoms with van der Waals surface area (Å²) in [6, 6.07) is 0. The summed E-state index contributed by atoms with van der Waals surface area (Å²) in [6.07, 6.45) is -0.836. The molecule has 96 valence electrons. The number of ether oxygens (including phenoxy) is 2. The Bertz CT molecular complexity index is 329. The molecule has 7 nitrogen and oxygen atoms in total. The van der Waals surface area contributed by atoms with E-state index in [1.807, 2.05) is 0 Å². The maximum atomic E-state index is 11.3. The zero-order chi connectivity index (χ0) is 13.5. The van der Waals surface area contributed by atoms with Crippen LogP contribution < -0.4 is 5.32 Å². The summed E-state index contributed by atoms with van der Waals surface area (Å²) in [7, 11) is 1.31. The monoisotopic (exact) mass is 243 g/mol. The topological polar surface area (TPSA) is 101 Å². The molecule has 1 atom stereocenters. The molecule has 0 aliphatic rings. The third-order valence-corrected chi connectivity index (χ3v) is 1.62. The smallest absolute Gasteiger partial charge is 0.407 e. The van der Waals surface area contributed by atoms with Gasteiger partial charge in [0.15, 0.2) is 0 Å². The second-order valence-electron chi connectivity index (χ2n) is 4.25. The first-order valence-corrected chi connectivity index (χ1v) is 5.01. The van der Waals surface area contributed by atoms with Gasteiger partial charge in [-0.05, 0) is 20.8 Å². The van der Waals surface area contributed by atoms with E-state index in [9.17, 15) is 9.59 Å². The Morgan fingerprint density at radius 2 is 2.06 bits per heavy atom. The van der Waals surface area contributed by atoms with Crippen molar-refractivity contribution in [3.8, 4) is 0 Å². The molecule has 17 heavy (non-hydrogen) atoms. The van der Waals surface area contributed by atoms with Gasteiger partial charge in [0.25, 0.3) is 5.78 Å². The third kappa shape index (κ3) is 7.21. The fourth-order valence-corrected chi connectivity index (χ4v) is 0.930. The van der Waals surface area contributed by atoms with Crippen molar-refractivity contribution in [3.63, 3.8) is 0 Å². The van der Waals surface area contributed by atoms with Crippen molar-refractivity contribution in [1.82, 2.24) is 5.32 Å². The van der Waals surface area contributed by atoms with Crippen molar-refractivity contribution < 1.29 is 23.9 Å². The van der Waals surface area contributed by atoms with Gasteiger partial charge in [0.05, 0.1) is 6.54 Å². The molecule has 0 aromatic carbocycles. The molecule has 0 rings (SSSR count). The number of amides is 1. The van der Waals surface area contributed by atoms with Crippen molar-refractivity contribution in [3.05, 3.63) is 5.53 Å². The number of ketones is 1. The highest BCUT2D eigenvalue weighted by atomic mass is 16.6. The minimum absolute atomic E-state index is 0.0593. The Balaban J connectivity index is 4.20. The van der Waals surface area contributed by atoms with Crippen LogP contribution in [0.15, 0.2) is 0 Å². The summed E-state index contributed by atoms with van der Waals surface area (Å²) in [5, 5.41) is 2.38. The van der Waals surface area contributed by atoms with E-state index in [-0.39, 0.29) is 6.54 Å². The first-order chi connectivity index (χ1) is 7.80. The van der Waals surface area contributed by atoms with Crippen molar-refractivity contribution in [2.45, 2.75) is 32.5 Å². The fourth-order valence-electron chi connectivity index (χ4n) is 0.930. The number of hydrogen-bond acceptors (Lipinski definition) is 4. The highest BCUT2D eigenvalue weighted by Gasteiger charge is 2.22. The fraction of sp³-hybridized carbons (Fsp3) is 0.700. The lowest BCUT2D eigenvalue weighted by Gasteiger charge is -2.20. The Kier molecular flexibility index (Phi) is 6.09. The van der Waals surface area contributed by atoms with E-state index in [0.29, 0.717) is 6.21 Å². The molecule has 7 heteroatoms. The average Bonchev–Trinajstić information content (AvgIpc) is 2.16. The van der Waals surface area contributed by atoms with Crippen molar-refractivity contribution >= 4 is 18.1 Å². The minimum atomic E-state index is -0.904. The number of Topliss-reactive ketones (excluding diaryl/α,β-unsaturated/α-hetero) is 1. The number of alkyl carbamates (subject to hydrolysis) is 1. The molecule has 0 aromatic rings. The molecular formula is C10H17N3O4. The van der Waals surface area contributed by atoms with Gasteiger partial charge in [-0.2, -0.15) is 4.79 Å². The molecule has 0 bridgehead atoms. The molecular weight excluding hydrogens is 226 g/mol. The summed E-state index contributed by atoms with van der Waals surface area (Å²) >= 11 is 0. The van der Waals surface area contributed by atoms with Gasteiger partial charge in [0.2, 0.25) is 0 Å². The Morgan fingerprint density at radius 3 is 2.47 bits per heavy atom. The van der Waals surface area contributed by atoms with Gasteiger partial charge in [-0.25, -0.2) is 4.79 Å².